The third kappa shape index (κ3) is 2.38. The highest BCUT2D eigenvalue weighted by Crippen LogP contribution is 2.16. The molecule has 2 aromatic rings. The second kappa shape index (κ2) is 4.76. The first-order valence-corrected chi connectivity index (χ1v) is 5.60. The predicted molar refractivity (Wildman–Crippen MR) is 62.8 cm³/mol. The Labute approximate surface area is 96.6 Å². The van der Waals surface area contributed by atoms with Gasteiger partial charge in [0.1, 0.15) is 5.01 Å². The Balaban J connectivity index is 2.12. The Morgan fingerprint density at radius 1 is 1.44 bits per heavy atom. The molecule has 0 saturated heterocycles. The SMILES string of the molecule is O=C(O)c1ccccc1NCc1nccs1. The summed E-state index contributed by atoms with van der Waals surface area (Å²) in [7, 11) is 0. The standard InChI is InChI=1S/C11H10N2O2S/c14-11(15)8-3-1-2-4-9(8)13-7-10-12-5-6-16-10/h1-6,13H,7H2,(H,14,15). The molecule has 0 radical (unpaired) electrons. The van der Waals surface area contributed by atoms with Gasteiger partial charge in [-0.1, -0.05) is 12.1 Å². The molecule has 1 heterocycles. The molecule has 0 aliphatic heterocycles. The Kier molecular flexibility index (Phi) is 3.16. The van der Waals surface area contributed by atoms with Crippen LogP contribution in [0.3, 0.4) is 0 Å². The van der Waals surface area contributed by atoms with E-state index in [0.29, 0.717) is 12.2 Å². The van der Waals surface area contributed by atoms with Crippen molar-refractivity contribution in [2.75, 3.05) is 5.32 Å². The molecule has 0 amide bonds. The van der Waals surface area contributed by atoms with E-state index >= 15 is 0 Å². The van der Waals surface area contributed by atoms with Crippen LogP contribution in [0.15, 0.2) is 35.8 Å². The number of benzene rings is 1. The highest BCUT2D eigenvalue weighted by Gasteiger charge is 2.08. The van der Waals surface area contributed by atoms with Gasteiger partial charge in [0, 0.05) is 17.3 Å². The third-order valence-electron chi connectivity index (χ3n) is 2.07. The van der Waals surface area contributed by atoms with E-state index < -0.39 is 5.97 Å². The van der Waals surface area contributed by atoms with E-state index in [9.17, 15) is 4.79 Å². The van der Waals surface area contributed by atoms with Gasteiger partial charge in [-0.05, 0) is 12.1 Å². The van der Waals surface area contributed by atoms with Crippen LogP contribution in [0.25, 0.3) is 0 Å². The number of thiazole rings is 1. The minimum atomic E-state index is -0.928. The third-order valence-corrected chi connectivity index (χ3v) is 2.85. The van der Waals surface area contributed by atoms with Crippen LogP contribution in [0.4, 0.5) is 5.69 Å². The van der Waals surface area contributed by atoms with Gasteiger partial charge in [0.25, 0.3) is 0 Å². The summed E-state index contributed by atoms with van der Waals surface area (Å²) >= 11 is 1.54. The lowest BCUT2D eigenvalue weighted by Gasteiger charge is -2.07. The Bertz CT molecular complexity index is 482. The van der Waals surface area contributed by atoms with E-state index in [1.165, 1.54) is 11.3 Å². The van der Waals surface area contributed by atoms with Crippen LogP contribution < -0.4 is 5.32 Å². The summed E-state index contributed by atoms with van der Waals surface area (Å²) in [5, 5.41) is 14.9. The summed E-state index contributed by atoms with van der Waals surface area (Å²) in [5.41, 5.74) is 0.893. The van der Waals surface area contributed by atoms with Crippen molar-refractivity contribution in [2.24, 2.45) is 0 Å². The highest BCUT2D eigenvalue weighted by molar-refractivity contribution is 7.09. The van der Waals surface area contributed by atoms with Crippen molar-refractivity contribution in [2.45, 2.75) is 6.54 Å². The first-order valence-electron chi connectivity index (χ1n) is 4.72. The van der Waals surface area contributed by atoms with Gasteiger partial charge in [-0.3, -0.25) is 0 Å². The molecule has 0 fully saturated rings. The monoisotopic (exact) mass is 234 g/mol. The molecule has 1 aromatic carbocycles. The van der Waals surface area contributed by atoms with Gasteiger partial charge >= 0.3 is 5.97 Å². The molecule has 0 aliphatic rings. The molecule has 16 heavy (non-hydrogen) atoms. The lowest BCUT2D eigenvalue weighted by Crippen LogP contribution is -2.05. The van der Waals surface area contributed by atoms with Crippen LogP contribution in [0.5, 0.6) is 0 Å². The second-order valence-corrected chi connectivity index (χ2v) is 4.11. The molecular formula is C11H10N2O2S. The van der Waals surface area contributed by atoms with Crippen molar-refractivity contribution in [3.05, 3.63) is 46.4 Å². The average molecular weight is 234 g/mol. The molecule has 4 nitrogen and oxygen atoms in total. The van der Waals surface area contributed by atoms with Crippen LogP contribution in [-0.2, 0) is 6.54 Å². The van der Waals surface area contributed by atoms with Crippen molar-refractivity contribution >= 4 is 23.0 Å². The summed E-state index contributed by atoms with van der Waals surface area (Å²) in [6.45, 7) is 0.544. The number of carbonyl (C=O) groups is 1. The zero-order valence-electron chi connectivity index (χ0n) is 8.38. The number of anilines is 1. The summed E-state index contributed by atoms with van der Waals surface area (Å²) < 4.78 is 0. The second-order valence-electron chi connectivity index (χ2n) is 3.13. The van der Waals surface area contributed by atoms with Crippen molar-refractivity contribution in [1.29, 1.82) is 0 Å². The van der Waals surface area contributed by atoms with E-state index in [-0.39, 0.29) is 5.56 Å². The van der Waals surface area contributed by atoms with E-state index in [4.69, 9.17) is 5.11 Å². The van der Waals surface area contributed by atoms with Crippen molar-refractivity contribution in [1.82, 2.24) is 4.98 Å². The van der Waals surface area contributed by atoms with E-state index in [2.05, 4.69) is 10.3 Å². The minimum absolute atomic E-state index is 0.277. The van der Waals surface area contributed by atoms with Crippen LogP contribution in [-0.4, -0.2) is 16.1 Å². The van der Waals surface area contributed by atoms with Gasteiger partial charge in [-0.25, -0.2) is 9.78 Å². The topological polar surface area (TPSA) is 62.2 Å². The number of carboxylic acid groups (broad SMARTS) is 1. The van der Waals surface area contributed by atoms with Gasteiger partial charge in [0.05, 0.1) is 12.1 Å². The maximum absolute atomic E-state index is 10.9. The van der Waals surface area contributed by atoms with Gasteiger partial charge in [-0.15, -0.1) is 11.3 Å². The molecule has 1 aromatic heterocycles. The van der Waals surface area contributed by atoms with Crippen LogP contribution in [0.1, 0.15) is 15.4 Å². The number of rotatable bonds is 4. The minimum Gasteiger partial charge on any atom is -0.478 e. The molecule has 0 spiro atoms. The summed E-state index contributed by atoms with van der Waals surface area (Å²) in [5.74, 6) is -0.928. The van der Waals surface area contributed by atoms with E-state index in [1.54, 1.807) is 30.5 Å². The largest absolute Gasteiger partial charge is 0.478 e. The Hall–Kier alpha value is -1.88. The fraction of sp³-hybridized carbons (Fsp3) is 0.0909. The number of nitrogens with one attached hydrogen (secondary N) is 1. The molecule has 5 heteroatoms. The fourth-order valence-electron chi connectivity index (χ4n) is 1.33. The number of nitrogens with zero attached hydrogens (tertiary/aromatic N) is 1. The van der Waals surface area contributed by atoms with E-state index in [0.717, 1.165) is 5.01 Å². The summed E-state index contributed by atoms with van der Waals surface area (Å²) in [6.07, 6.45) is 1.73. The average Bonchev–Trinajstić information content (AvgIpc) is 2.79. The smallest absolute Gasteiger partial charge is 0.337 e. The normalized spacial score (nSPS) is 10.0. The van der Waals surface area contributed by atoms with Crippen LogP contribution in [0, 0.1) is 0 Å². The van der Waals surface area contributed by atoms with Gasteiger partial charge < -0.3 is 10.4 Å². The molecule has 2 rings (SSSR count). The van der Waals surface area contributed by atoms with Crippen molar-refractivity contribution in [3.63, 3.8) is 0 Å². The molecule has 2 N–H and O–H groups in total. The Morgan fingerprint density at radius 3 is 2.94 bits per heavy atom. The first-order chi connectivity index (χ1) is 7.77. The Morgan fingerprint density at radius 2 is 2.25 bits per heavy atom. The number of carboxylic acids is 1. The first kappa shape index (κ1) is 10.6. The summed E-state index contributed by atoms with van der Waals surface area (Å²) in [6, 6.07) is 6.83. The van der Waals surface area contributed by atoms with Crippen molar-refractivity contribution in [3.8, 4) is 0 Å². The molecule has 0 saturated carbocycles. The molecule has 0 unspecified atom stereocenters. The quantitative estimate of drug-likeness (QED) is 0.853. The molecule has 82 valence electrons. The summed E-state index contributed by atoms with van der Waals surface area (Å²) in [4.78, 5) is 15.0. The zero-order chi connectivity index (χ0) is 11.4. The van der Waals surface area contributed by atoms with Crippen molar-refractivity contribution < 1.29 is 9.90 Å². The van der Waals surface area contributed by atoms with Gasteiger partial charge in [-0.2, -0.15) is 0 Å². The molecule has 0 aliphatic carbocycles. The lowest BCUT2D eigenvalue weighted by molar-refractivity contribution is 0.0698. The maximum atomic E-state index is 10.9. The number of hydrogen-bond donors (Lipinski definition) is 2. The fourth-order valence-corrected chi connectivity index (χ4v) is 1.89. The zero-order valence-corrected chi connectivity index (χ0v) is 9.20. The van der Waals surface area contributed by atoms with Crippen LogP contribution >= 0.6 is 11.3 Å². The molecule has 0 bridgehead atoms. The van der Waals surface area contributed by atoms with Gasteiger partial charge in [0.15, 0.2) is 0 Å². The highest BCUT2D eigenvalue weighted by atomic mass is 32.1. The molecular weight excluding hydrogens is 224 g/mol. The van der Waals surface area contributed by atoms with E-state index in [1.807, 2.05) is 5.38 Å². The number of para-hydroxylation sites is 1. The van der Waals surface area contributed by atoms with Gasteiger partial charge in [0.2, 0.25) is 0 Å². The number of aromatic carboxylic acids is 1. The number of hydrogen-bond acceptors (Lipinski definition) is 4. The predicted octanol–water partition coefficient (Wildman–Crippen LogP) is 2.45. The lowest BCUT2D eigenvalue weighted by atomic mass is 10.2. The number of aromatic nitrogens is 1. The van der Waals surface area contributed by atoms with Crippen LogP contribution in [0.2, 0.25) is 0 Å². The molecule has 0 atom stereocenters. The maximum Gasteiger partial charge on any atom is 0.337 e.